The van der Waals surface area contributed by atoms with E-state index in [1.54, 1.807) is 19.2 Å². The summed E-state index contributed by atoms with van der Waals surface area (Å²) in [5.74, 6) is 2.42. The normalized spacial score (nSPS) is 15.9. The number of ether oxygens (including phenoxy) is 1. The molecule has 2 heterocycles. The van der Waals surface area contributed by atoms with Crippen LogP contribution in [0, 0.1) is 0 Å². The molecule has 0 amide bonds. The molecule has 1 aromatic heterocycles. The molecule has 0 radical (unpaired) electrons. The van der Waals surface area contributed by atoms with Crippen LogP contribution >= 0.6 is 11.6 Å². The zero-order valence-corrected chi connectivity index (χ0v) is 18.6. The van der Waals surface area contributed by atoms with Crippen molar-refractivity contribution < 1.29 is 9.84 Å². The minimum absolute atomic E-state index is 0.163. The summed E-state index contributed by atoms with van der Waals surface area (Å²) < 4.78 is 5.29. The quantitative estimate of drug-likeness (QED) is 0.416. The molecule has 0 spiro atoms. The van der Waals surface area contributed by atoms with E-state index < -0.39 is 0 Å². The predicted molar refractivity (Wildman–Crippen MR) is 129 cm³/mol. The van der Waals surface area contributed by atoms with Crippen molar-refractivity contribution in [2.45, 2.75) is 25.3 Å². The lowest BCUT2D eigenvalue weighted by molar-refractivity contribution is 0.414. The van der Waals surface area contributed by atoms with E-state index >= 15 is 0 Å². The van der Waals surface area contributed by atoms with Crippen LogP contribution in [0.2, 0.25) is 5.02 Å². The first-order valence-corrected chi connectivity index (χ1v) is 11.2. The monoisotopic (exact) mass is 445 g/mol. The summed E-state index contributed by atoms with van der Waals surface area (Å²) in [5, 5.41) is 12.0. The van der Waals surface area contributed by atoms with Gasteiger partial charge in [0.2, 0.25) is 0 Å². The number of methoxy groups -OCH3 is 1. The van der Waals surface area contributed by atoms with E-state index in [1.165, 1.54) is 5.56 Å². The van der Waals surface area contributed by atoms with Gasteiger partial charge in [-0.3, -0.25) is 0 Å². The molecule has 1 aliphatic rings. The molecule has 162 valence electrons. The minimum Gasteiger partial charge on any atom is -0.507 e. The Bertz CT molecular complexity index is 1260. The van der Waals surface area contributed by atoms with Gasteiger partial charge in [-0.25, -0.2) is 9.97 Å². The lowest BCUT2D eigenvalue weighted by atomic mass is 10.0. The second-order valence-corrected chi connectivity index (χ2v) is 8.53. The van der Waals surface area contributed by atoms with Gasteiger partial charge in [0, 0.05) is 23.0 Å². The number of phenolic OH excluding ortho intramolecular Hbond substituents is 1. The third-order valence-electron chi connectivity index (χ3n) is 6.06. The highest BCUT2D eigenvalue weighted by Gasteiger charge is 2.28. The molecule has 1 atom stereocenters. The van der Waals surface area contributed by atoms with Gasteiger partial charge in [-0.2, -0.15) is 0 Å². The first-order valence-electron chi connectivity index (χ1n) is 10.8. The molecule has 1 aliphatic heterocycles. The summed E-state index contributed by atoms with van der Waals surface area (Å²) in [7, 11) is 1.68. The number of hydrogen-bond acceptors (Lipinski definition) is 5. The molecule has 5 nitrogen and oxygen atoms in total. The van der Waals surface area contributed by atoms with Crippen LogP contribution in [0.5, 0.6) is 11.5 Å². The number of aromatic hydroxyl groups is 1. The molecule has 1 N–H and O–H groups in total. The number of para-hydroxylation sites is 1. The van der Waals surface area contributed by atoms with Gasteiger partial charge in [-0.15, -0.1) is 0 Å². The molecule has 3 aromatic carbocycles. The molecular formula is C26H24ClN3O2. The van der Waals surface area contributed by atoms with Crippen molar-refractivity contribution in [1.82, 2.24) is 9.97 Å². The Kier molecular flexibility index (Phi) is 5.58. The van der Waals surface area contributed by atoms with Crippen LogP contribution in [0.4, 0.5) is 5.82 Å². The Morgan fingerprint density at radius 2 is 1.88 bits per heavy atom. The molecule has 0 saturated carbocycles. The first-order chi connectivity index (χ1) is 15.6. The maximum atomic E-state index is 10.4. The molecule has 0 bridgehead atoms. The zero-order valence-electron chi connectivity index (χ0n) is 17.8. The Morgan fingerprint density at radius 1 is 1.06 bits per heavy atom. The predicted octanol–water partition coefficient (Wildman–Crippen LogP) is 5.88. The molecule has 32 heavy (non-hydrogen) atoms. The largest absolute Gasteiger partial charge is 0.507 e. The van der Waals surface area contributed by atoms with Crippen molar-refractivity contribution in [3.05, 3.63) is 77.3 Å². The number of aromatic nitrogens is 2. The van der Waals surface area contributed by atoms with Gasteiger partial charge in [-0.05, 0) is 67.3 Å². The summed E-state index contributed by atoms with van der Waals surface area (Å²) >= 11 is 6.29. The number of benzene rings is 3. The van der Waals surface area contributed by atoms with Gasteiger partial charge >= 0.3 is 0 Å². The van der Waals surface area contributed by atoms with Crippen molar-refractivity contribution in [2.75, 3.05) is 18.6 Å². The lowest BCUT2D eigenvalue weighted by Gasteiger charge is -2.27. The Morgan fingerprint density at radius 3 is 2.66 bits per heavy atom. The lowest BCUT2D eigenvalue weighted by Crippen LogP contribution is -2.32. The van der Waals surface area contributed by atoms with Crippen molar-refractivity contribution in [1.29, 1.82) is 0 Å². The highest BCUT2D eigenvalue weighted by atomic mass is 35.5. The van der Waals surface area contributed by atoms with E-state index in [2.05, 4.69) is 17.0 Å². The van der Waals surface area contributed by atoms with Crippen molar-refractivity contribution in [3.8, 4) is 22.9 Å². The number of phenols is 1. The zero-order chi connectivity index (χ0) is 22.1. The summed E-state index contributed by atoms with van der Waals surface area (Å²) in [5.41, 5.74) is 2.66. The molecule has 5 rings (SSSR count). The standard InChI is InChI=1S/C26H24ClN3O2/c1-32-20-11-8-17(9-12-20)15-19-5-4-14-30(19)26-21-13-10-18(27)16-23(21)28-25(29-26)22-6-2-3-7-24(22)31/h2-3,6-13,16,19,31H,4-5,14-15H2,1H3. The van der Waals surface area contributed by atoms with Crippen LogP contribution in [-0.2, 0) is 6.42 Å². The molecule has 6 heteroatoms. The van der Waals surface area contributed by atoms with E-state index in [9.17, 15) is 5.11 Å². The van der Waals surface area contributed by atoms with Gasteiger partial charge in [0.25, 0.3) is 0 Å². The Hall–Kier alpha value is -3.31. The molecule has 0 aliphatic carbocycles. The van der Waals surface area contributed by atoms with Crippen molar-refractivity contribution in [3.63, 3.8) is 0 Å². The molecule has 1 saturated heterocycles. The van der Waals surface area contributed by atoms with E-state index in [0.717, 1.165) is 48.3 Å². The van der Waals surface area contributed by atoms with Gasteiger partial charge in [0.05, 0.1) is 18.2 Å². The molecule has 1 unspecified atom stereocenters. The smallest absolute Gasteiger partial charge is 0.165 e. The molecule has 1 fully saturated rings. The second kappa shape index (κ2) is 8.67. The summed E-state index contributed by atoms with van der Waals surface area (Å²) in [6.45, 7) is 0.926. The van der Waals surface area contributed by atoms with Gasteiger partial charge in [-0.1, -0.05) is 35.9 Å². The molecular weight excluding hydrogens is 422 g/mol. The van der Waals surface area contributed by atoms with Gasteiger partial charge in [0.15, 0.2) is 5.82 Å². The fraction of sp³-hybridized carbons (Fsp3) is 0.231. The molecule has 4 aromatic rings. The van der Waals surface area contributed by atoms with Crippen molar-refractivity contribution >= 4 is 28.3 Å². The van der Waals surface area contributed by atoms with Crippen LogP contribution in [0.1, 0.15) is 18.4 Å². The SMILES string of the molecule is COc1ccc(CC2CCCN2c2nc(-c3ccccc3O)nc3cc(Cl)ccc23)cc1. The Balaban J connectivity index is 1.57. The summed E-state index contributed by atoms with van der Waals surface area (Å²) in [6.07, 6.45) is 3.12. The maximum Gasteiger partial charge on any atom is 0.165 e. The number of nitrogens with zero attached hydrogens (tertiary/aromatic N) is 3. The van der Waals surface area contributed by atoms with E-state index in [1.807, 2.05) is 42.5 Å². The second-order valence-electron chi connectivity index (χ2n) is 8.09. The van der Waals surface area contributed by atoms with Crippen LogP contribution in [-0.4, -0.2) is 34.8 Å². The van der Waals surface area contributed by atoms with Crippen LogP contribution in [0.25, 0.3) is 22.3 Å². The van der Waals surface area contributed by atoms with Crippen molar-refractivity contribution in [2.24, 2.45) is 0 Å². The van der Waals surface area contributed by atoms with Gasteiger partial charge in [0.1, 0.15) is 17.3 Å². The van der Waals surface area contributed by atoms with E-state index in [-0.39, 0.29) is 5.75 Å². The summed E-state index contributed by atoms with van der Waals surface area (Å²) in [4.78, 5) is 12.1. The Labute approximate surface area is 192 Å². The number of fused-ring (bicyclic) bond motifs is 1. The third kappa shape index (κ3) is 3.96. The van der Waals surface area contributed by atoms with Crippen LogP contribution in [0.3, 0.4) is 0 Å². The number of rotatable bonds is 5. The average molecular weight is 446 g/mol. The minimum atomic E-state index is 0.163. The van der Waals surface area contributed by atoms with Gasteiger partial charge < -0.3 is 14.7 Å². The maximum absolute atomic E-state index is 10.4. The van der Waals surface area contributed by atoms with Crippen LogP contribution in [0.15, 0.2) is 66.7 Å². The highest BCUT2D eigenvalue weighted by molar-refractivity contribution is 6.31. The first kappa shape index (κ1) is 20.6. The fourth-order valence-electron chi connectivity index (χ4n) is 4.45. The summed E-state index contributed by atoms with van der Waals surface area (Å²) in [6, 6.07) is 21.5. The number of hydrogen-bond donors (Lipinski definition) is 1. The van der Waals surface area contributed by atoms with E-state index in [4.69, 9.17) is 26.3 Å². The fourth-order valence-corrected chi connectivity index (χ4v) is 4.61. The number of halogens is 1. The van der Waals surface area contributed by atoms with E-state index in [0.29, 0.717) is 22.5 Å². The third-order valence-corrected chi connectivity index (χ3v) is 6.30. The number of anilines is 1. The average Bonchev–Trinajstić information content (AvgIpc) is 3.27. The highest BCUT2D eigenvalue weighted by Crippen LogP contribution is 2.36. The van der Waals surface area contributed by atoms with Crippen LogP contribution < -0.4 is 9.64 Å². The topological polar surface area (TPSA) is 58.5 Å².